The molecule has 0 amide bonds. The minimum atomic E-state index is 1.24. The highest BCUT2D eigenvalue weighted by molar-refractivity contribution is 9.13. The predicted molar refractivity (Wildman–Crippen MR) is 47.8 cm³/mol. The van der Waals surface area contributed by atoms with Gasteiger partial charge in [0.15, 0.2) is 0 Å². The number of halogens is 4. The van der Waals surface area contributed by atoms with Gasteiger partial charge in [-0.15, -0.1) is 0 Å². The van der Waals surface area contributed by atoms with E-state index < -0.39 is 0 Å². The van der Waals surface area contributed by atoms with E-state index in [4.69, 9.17) is 23.2 Å². The third-order valence-corrected chi connectivity index (χ3v) is 1.71. The fraction of sp³-hybridized carbons (Fsp3) is 0. The van der Waals surface area contributed by atoms with Crippen LogP contribution in [0, 0.1) is 0 Å². The molecule has 4 heteroatoms. The van der Waals surface area contributed by atoms with Gasteiger partial charge in [0.05, 0.1) is 0 Å². The molecule has 0 aromatic heterocycles. The Bertz CT molecular complexity index is 52.4. The molecule has 0 aromatic rings. The normalized spacial score (nSPS) is 9.50. The maximum absolute atomic E-state index is 4.87. The van der Waals surface area contributed by atoms with E-state index in [1.165, 1.54) is 11.1 Å². The molecule has 0 saturated heterocycles. The zero-order valence-electron chi connectivity index (χ0n) is 3.82. The molecule has 0 spiro atoms. The van der Waals surface area contributed by atoms with Crippen LogP contribution in [0.1, 0.15) is 0 Å². The number of hydrogen-bond donors (Lipinski definition) is 0. The topological polar surface area (TPSA) is 0 Å². The Morgan fingerprint density at radius 3 is 1.12 bits per heavy atom. The molecule has 48 valence electrons. The van der Waals surface area contributed by atoms with E-state index in [1.54, 1.807) is 9.97 Å². The van der Waals surface area contributed by atoms with E-state index in [-0.39, 0.29) is 0 Å². The molecule has 0 aliphatic rings. The van der Waals surface area contributed by atoms with Crippen LogP contribution in [0.25, 0.3) is 0 Å². The molecule has 8 heavy (non-hydrogen) atoms. The first kappa shape index (κ1) is 11.8. The lowest BCUT2D eigenvalue weighted by Gasteiger charge is -1.44. The van der Waals surface area contributed by atoms with Gasteiger partial charge in [0, 0.05) is 11.1 Å². The fourth-order valence-electron chi connectivity index (χ4n) is 0. The van der Waals surface area contributed by atoms with Crippen LogP contribution in [0.3, 0.4) is 0 Å². The van der Waals surface area contributed by atoms with Crippen LogP contribution in [0.15, 0.2) is 21.0 Å². The lowest BCUT2D eigenvalue weighted by Crippen LogP contribution is -1.11. The van der Waals surface area contributed by atoms with E-state index in [1.807, 2.05) is 0 Å². The SMILES string of the molecule is BrC=CBr.ClC=CCl. The van der Waals surface area contributed by atoms with Crippen molar-refractivity contribution in [1.29, 1.82) is 0 Å². The third-order valence-electron chi connectivity index (χ3n) is 0.0952. The van der Waals surface area contributed by atoms with Gasteiger partial charge in [0.2, 0.25) is 0 Å². The Balaban J connectivity index is 0. The van der Waals surface area contributed by atoms with Crippen molar-refractivity contribution in [2.45, 2.75) is 0 Å². The molecular formula is C4H4Br2Cl2. The van der Waals surface area contributed by atoms with Crippen LogP contribution in [0.2, 0.25) is 0 Å². The zero-order chi connectivity index (χ0) is 6.83. The average molecular weight is 283 g/mol. The minimum absolute atomic E-state index is 1.24. The molecule has 0 atom stereocenters. The maximum atomic E-state index is 4.87. The van der Waals surface area contributed by atoms with E-state index in [9.17, 15) is 0 Å². The highest BCUT2D eigenvalue weighted by atomic mass is 79.9. The molecule has 0 fully saturated rings. The van der Waals surface area contributed by atoms with Crippen molar-refractivity contribution >= 4 is 55.1 Å². The molecule has 0 heterocycles. The molecule has 0 aliphatic carbocycles. The summed E-state index contributed by atoms with van der Waals surface area (Å²) in [5, 5.41) is 0. The van der Waals surface area contributed by atoms with Crippen molar-refractivity contribution in [3.63, 3.8) is 0 Å². The number of rotatable bonds is 0. The highest BCUT2D eigenvalue weighted by Crippen LogP contribution is 1.86. The highest BCUT2D eigenvalue weighted by Gasteiger charge is 1.40. The van der Waals surface area contributed by atoms with Crippen LogP contribution in [0.4, 0.5) is 0 Å². The lowest BCUT2D eigenvalue weighted by atomic mass is 11.3. The van der Waals surface area contributed by atoms with Crippen LogP contribution in [-0.2, 0) is 0 Å². The Kier molecular flexibility index (Phi) is 23.1. The Morgan fingerprint density at radius 2 is 1.12 bits per heavy atom. The van der Waals surface area contributed by atoms with Crippen molar-refractivity contribution < 1.29 is 0 Å². The summed E-state index contributed by atoms with van der Waals surface area (Å²) >= 11 is 15.8. The van der Waals surface area contributed by atoms with Crippen LogP contribution in [-0.4, -0.2) is 0 Å². The van der Waals surface area contributed by atoms with Crippen molar-refractivity contribution in [2.24, 2.45) is 0 Å². The summed E-state index contributed by atoms with van der Waals surface area (Å²) in [6, 6.07) is 0. The molecule has 0 saturated carbocycles. The van der Waals surface area contributed by atoms with Gasteiger partial charge in [-0.25, -0.2) is 0 Å². The van der Waals surface area contributed by atoms with Crippen molar-refractivity contribution in [3.05, 3.63) is 21.0 Å². The van der Waals surface area contributed by atoms with Gasteiger partial charge in [0.1, 0.15) is 0 Å². The second kappa shape index (κ2) is 15.7. The maximum Gasteiger partial charge on any atom is 0.0156 e. The zero-order valence-corrected chi connectivity index (χ0v) is 8.51. The monoisotopic (exact) mass is 280 g/mol. The lowest BCUT2D eigenvalue weighted by molar-refractivity contribution is 2.51. The first-order valence-corrected chi connectivity index (χ1v) is 4.24. The summed E-state index contributed by atoms with van der Waals surface area (Å²) in [5.74, 6) is 0. The van der Waals surface area contributed by atoms with Gasteiger partial charge in [-0.1, -0.05) is 55.1 Å². The van der Waals surface area contributed by atoms with Gasteiger partial charge in [-0.3, -0.25) is 0 Å². The van der Waals surface area contributed by atoms with Gasteiger partial charge in [-0.2, -0.15) is 0 Å². The third kappa shape index (κ3) is 27.9. The van der Waals surface area contributed by atoms with E-state index >= 15 is 0 Å². The molecular weight excluding hydrogens is 279 g/mol. The summed E-state index contributed by atoms with van der Waals surface area (Å²) in [7, 11) is 0. The smallest absolute Gasteiger partial charge is 0.0156 e. The van der Waals surface area contributed by atoms with E-state index in [2.05, 4.69) is 31.9 Å². The quantitative estimate of drug-likeness (QED) is 0.625. The standard InChI is InChI=1S/C2H2Br2.C2H2Cl2/c2*3-1-2-4/h2*1-2H. The first-order chi connectivity index (χ1) is 3.83. The van der Waals surface area contributed by atoms with Gasteiger partial charge < -0.3 is 0 Å². The fourth-order valence-corrected chi connectivity index (χ4v) is 0. The summed E-state index contributed by atoms with van der Waals surface area (Å²) in [4.78, 5) is 3.46. The Hall–Kier alpha value is 1.02. The molecule has 0 aromatic carbocycles. The molecule has 0 unspecified atom stereocenters. The van der Waals surface area contributed by atoms with Crippen LogP contribution < -0.4 is 0 Å². The molecule has 0 N–H and O–H groups in total. The summed E-state index contributed by atoms with van der Waals surface area (Å²) < 4.78 is 0. The summed E-state index contributed by atoms with van der Waals surface area (Å²) in [6.07, 6.45) is 0. The second-order valence-electron chi connectivity index (χ2n) is 0.504. The predicted octanol–water partition coefficient (Wildman–Crippen LogP) is 4.18. The molecule has 0 rings (SSSR count). The minimum Gasteiger partial charge on any atom is -0.0920 e. The Morgan fingerprint density at radius 1 is 0.875 bits per heavy atom. The largest absolute Gasteiger partial charge is 0.0920 e. The first-order valence-electron chi connectivity index (χ1n) is 1.54. The van der Waals surface area contributed by atoms with E-state index in [0.717, 1.165) is 0 Å². The molecule has 0 radical (unpaired) electrons. The average Bonchev–Trinajstić information content (AvgIpc) is 1.88. The van der Waals surface area contributed by atoms with Crippen molar-refractivity contribution in [3.8, 4) is 0 Å². The van der Waals surface area contributed by atoms with Gasteiger partial charge >= 0.3 is 0 Å². The molecule has 0 aliphatic heterocycles. The Labute approximate surface area is 75.8 Å². The van der Waals surface area contributed by atoms with Gasteiger partial charge in [0.25, 0.3) is 0 Å². The number of hydrogen-bond acceptors (Lipinski definition) is 0. The second-order valence-corrected chi connectivity index (χ2v) is 2.07. The van der Waals surface area contributed by atoms with Crippen LogP contribution in [0.5, 0.6) is 0 Å². The van der Waals surface area contributed by atoms with E-state index in [0.29, 0.717) is 0 Å². The summed E-state index contributed by atoms with van der Waals surface area (Å²) in [5.41, 5.74) is 2.48. The van der Waals surface area contributed by atoms with Crippen molar-refractivity contribution in [1.82, 2.24) is 0 Å². The summed E-state index contributed by atoms with van der Waals surface area (Å²) in [6.45, 7) is 0. The molecule has 0 nitrogen and oxygen atoms in total. The molecule has 0 bridgehead atoms. The van der Waals surface area contributed by atoms with Crippen molar-refractivity contribution in [2.75, 3.05) is 0 Å². The van der Waals surface area contributed by atoms with Crippen LogP contribution >= 0.6 is 55.1 Å². The van der Waals surface area contributed by atoms with Gasteiger partial charge in [-0.05, 0) is 9.97 Å².